The van der Waals surface area contributed by atoms with Crippen LogP contribution in [0.5, 0.6) is 0 Å². The predicted molar refractivity (Wildman–Crippen MR) is 144 cm³/mol. The van der Waals surface area contributed by atoms with Crippen LogP contribution in [0.3, 0.4) is 0 Å². The molecule has 2 amide bonds. The first-order valence-corrected chi connectivity index (χ1v) is 12.9. The molecule has 0 radical (unpaired) electrons. The molecule has 0 bridgehead atoms. The van der Waals surface area contributed by atoms with Gasteiger partial charge in [-0.1, -0.05) is 60.7 Å². The van der Waals surface area contributed by atoms with Crippen LogP contribution in [0.15, 0.2) is 60.7 Å². The Bertz CT molecular complexity index is 1020. The van der Waals surface area contributed by atoms with E-state index in [1.54, 1.807) is 60.7 Å². The molecule has 0 aliphatic carbocycles. The molecule has 0 saturated carbocycles. The van der Waals surface area contributed by atoms with E-state index in [2.05, 4.69) is 10.6 Å². The second-order valence-electron chi connectivity index (χ2n) is 9.27. The third-order valence-electron chi connectivity index (χ3n) is 6.30. The number of hydrogen-bond acceptors (Lipinski definition) is 6. The molecule has 0 aliphatic rings. The third-order valence-corrected chi connectivity index (χ3v) is 6.30. The summed E-state index contributed by atoms with van der Waals surface area (Å²) in [6.07, 6.45) is 1.70. The maximum Gasteiger partial charge on any atom is 0.220 e. The van der Waals surface area contributed by atoms with Gasteiger partial charge in [0.05, 0.1) is 11.8 Å². The van der Waals surface area contributed by atoms with E-state index in [9.17, 15) is 28.8 Å². The average Bonchev–Trinajstić information content (AvgIpc) is 2.91. The molecule has 2 N–H and O–H groups in total. The Hall–Kier alpha value is -3.94. The lowest BCUT2D eigenvalue weighted by molar-refractivity contribution is -0.124. The molecule has 2 unspecified atom stereocenters. The zero-order valence-corrected chi connectivity index (χ0v) is 22.0. The van der Waals surface area contributed by atoms with Gasteiger partial charge in [0.15, 0.2) is 11.6 Å². The van der Waals surface area contributed by atoms with Crippen LogP contribution >= 0.6 is 0 Å². The summed E-state index contributed by atoms with van der Waals surface area (Å²) in [6, 6.07) is 17.1. The van der Waals surface area contributed by atoms with E-state index in [1.165, 1.54) is 13.8 Å². The topological polar surface area (TPSA) is 126 Å². The molecule has 8 nitrogen and oxygen atoms in total. The van der Waals surface area contributed by atoms with E-state index in [4.69, 9.17) is 0 Å². The molecule has 2 aromatic rings. The number of rotatable bonds is 17. The summed E-state index contributed by atoms with van der Waals surface area (Å²) in [5.41, 5.74) is 0.907. The van der Waals surface area contributed by atoms with Crippen molar-refractivity contribution in [2.75, 3.05) is 13.1 Å². The van der Waals surface area contributed by atoms with Gasteiger partial charge >= 0.3 is 0 Å². The minimum Gasteiger partial charge on any atom is -0.356 e. The highest BCUT2D eigenvalue weighted by molar-refractivity contribution is 6.10. The zero-order valence-electron chi connectivity index (χ0n) is 22.0. The number of benzene rings is 2. The van der Waals surface area contributed by atoms with Gasteiger partial charge in [0.2, 0.25) is 11.8 Å². The molecular formula is C30H36N2O6. The Morgan fingerprint density at radius 3 is 1.24 bits per heavy atom. The molecule has 0 fully saturated rings. The minimum absolute atomic E-state index is 0.0680. The van der Waals surface area contributed by atoms with Gasteiger partial charge < -0.3 is 10.6 Å². The predicted octanol–water partition coefficient (Wildman–Crippen LogP) is 3.74. The fourth-order valence-corrected chi connectivity index (χ4v) is 4.08. The van der Waals surface area contributed by atoms with Crippen molar-refractivity contribution in [1.29, 1.82) is 0 Å². The fraction of sp³-hybridized carbons (Fsp3) is 0.400. The van der Waals surface area contributed by atoms with Gasteiger partial charge in [0.25, 0.3) is 0 Å². The third kappa shape index (κ3) is 10.2. The van der Waals surface area contributed by atoms with Crippen molar-refractivity contribution < 1.29 is 28.8 Å². The molecule has 0 spiro atoms. The number of Topliss-reactive ketones (excluding diaryl/α,β-unsaturated/α-hetero) is 4. The van der Waals surface area contributed by atoms with Gasteiger partial charge in [-0.3, -0.25) is 28.8 Å². The first-order valence-electron chi connectivity index (χ1n) is 12.9. The lowest BCUT2D eigenvalue weighted by Gasteiger charge is -2.13. The average molecular weight is 521 g/mol. The monoisotopic (exact) mass is 520 g/mol. The molecule has 0 saturated heterocycles. The normalized spacial score (nSPS) is 12.2. The molecule has 0 heterocycles. The molecule has 2 rings (SSSR count). The van der Waals surface area contributed by atoms with Gasteiger partial charge in [-0.05, 0) is 39.5 Å². The SMILES string of the molecule is CC(=O)C(CCC(=O)NCCCCNC(=O)CCC(C(C)=O)C(=O)c1ccccc1)C(=O)c1ccccc1. The minimum atomic E-state index is -0.844. The van der Waals surface area contributed by atoms with Gasteiger partial charge in [-0.15, -0.1) is 0 Å². The summed E-state index contributed by atoms with van der Waals surface area (Å²) >= 11 is 0. The van der Waals surface area contributed by atoms with Crippen LogP contribution in [-0.2, 0) is 19.2 Å². The Morgan fingerprint density at radius 1 is 0.579 bits per heavy atom. The Morgan fingerprint density at radius 2 is 0.921 bits per heavy atom. The van der Waals surface area contributed by atoms with Crippen LogP contribution in [-0.4, -0.2) is 48.0 Å². The number of amides is 2. The maximum atomic E-state index is 12.6. The van der Waals surface area contributed by atoms with Crippen LogP contribution in [0.25, 0.3) is 0 Å². The summed E-state index contributed by atoms with van der Waals surface area (Å²) in [5, 5.41) is 5.55. The number of carbonyl (C=O) groups is 6. The van der Waals surface area contributed by atoms with Gasteiger partial charge in [-0.25, -0.2) is 0 Å². The van der Waals surface area contributed by atoms with Crippen molar-refractivity contribution in [3.05, 3.63) is 71.8 Å². The molecule has 38 heavy (non-hydrogen) atoms. The number of nitrogens with one attached hydrogen (secondary N) is 2. The Balaban J connectivity index is 1.62. The van der Waals surface area contributed by atoms with E-state index in [0.29, 0.717) is 37.1 Å². The fourth-order valence-electron chi connectivity index (χ4n) is 4.08. The van der Waals surface area contributed by atoms with Crippen molar-refractivity contribution in [3.63, 3.8) is 0 Å². The highest BCUT2D eigenvalue weighted by Gasteiger charge is 2.26. The summed E-state index contributed by atoms with van der Waals surface area (Å²) < 4.78 is 0. The van der Waals surface area contributed by atoms with Crippen LogP contribution in [0.1, 0.15) is 73.1 Å². The second kappa shape index (κ2) is 16.0. The Kier molecular flexibility index (Phi) is 12.8. The van der Waals surface area contributed by atoms with Crippen molar-refractivity contribution in [3.8, 4) is 0 Å². The van der Waals surface area contributed by atoms with Crippen LogP contribution < -0.4 is 10.6 Å². The number of ketones is 4. The summed E-state index contributed by atoms with van der Waals surface area (Å²) in [5.74, 6) is -3.24. The smallest absolute Gasteiger partial charge is 0.220 e. The van der Waals surface area contributed by atoms with E-state index < -0.39 is 11.8 Å². The standard InChI is InChI=1S/C30H36N2O6/c1-21(33)25(29(37)23-11-5-3-6-12-23)15-17-27(35)31-19-9-10-20-32-28(36)18-16-26(22(2)34)30(38)24-13-7-4-8-14-24/h3-8,11-14,25-26H,9-10,15-20H2,1-2H3,(H,31,35)(H,32,36). The lowest BCUT2D eigenvalue weighted by Crippen LogP contribution is -2.30. The number of hydrogen-bond donors (Lipinski definition) is 2. The van der Waals surface area contributed by atoms with E-state index >= 15 is 0 Å². The highest BCUT2D eigenvalue weighted by atomic mass is 16.2. The lowest BCUT2D eigenvalue weighted by atomic mass is 9.90. The highest BCUT2D eigenvalue weighted by Crippen LogP contribution is 2.17. The molecule has 0 aromatic heterocycles. The largest absolute Gasteiger partial charge is 0.356 e. The summed E-state index contributed by atoms with van der Waals surface area (Å²) in [4.78, 5) is 73.4. The van der Waals surface area contributed by atoms with Gasteiger partial charge in [0, 0.05) is 37.1 Å². The number of carbonyl (C=O) groups excluding carboxylic acids is 6. The van der Waals surface area contributed by atoms with E-state index in [1.807, 2.05) is 0 Å². The molecule has 2 atom stereocenters. The molecular weight excluding hydrogens is 484 g/mol. The van der Waals surface area contributed by atoms with Crippen LogP contribution in [0.2, 0.25) is 0 Å². The molecule has 2 aromatic carbocycles. The first-order chi connectivity index (χ1) is 18.2. The summed E-state index contributed by atoms with van der Waals surface area (Å²) in [6.45, 7) is 3.53. The second-order valence-corrected chi connectivity index (χ2v) is 9.27. The van der Waals surface area contributed by atoms with E-state index in [0.717, 1.165) is 0 Å². The first kappa shape index (κ1) is 30.3. The maximum absolute atomic E-state index is 12.6. The van der Waals surface area contributed by atoms with Crippen molar-refractivity contribution in [2.45, 2.75) is 52.4 Å². The molecule has 0 aliphatic heterocycles. The van der Waals surface area contributed by atoms with Crippen molar-refractivity contribution in [2.24, 2.45) is 11.8 Å². The van der Waals surface area contributed by atoms with Crippen LogP contribution in [0, 0.1) is 11.8 Å². The van der Waals surface area contributed by atoms with Gasteiger partial charge in [-0.2, -0.15) is 0 Å². The summed E-state index contributed by atoms with van der Waals surface area (Å²) in [7, 11) is 0. The Labute approximate surface area is 223 Å². The van der Waals surface area contributed by atoms with Gasteiger partial charge in [0.1, 0.15) is 11.6 Å². The van der Waals surface area contributed by atoms with Crippen LogP contribution in [0.4, 0.5) is 0 Å². The molecule has 202 valence electrons. The van der Waals surface area contributed by atoms with Crippen molar-refractivity contribution >= 4 is 34.9 Å². The number of unbranched alkanes of at least 4 members (excludes halogenated alkanes) is 1. The molecule has 8 heteroatoms. The zero-order chi connectivity index (χ0) is 27.9. The quantitative estimate of drug-likeness (QED) is 0.186. The van der Waals surface area contributed by atoms with Crippen molar-refractivity contribution in [1.82, 2.24) is 10.6 Å². The van der Waals surface area contributed by atoms with E-state index in [-0.39, 0.29) is 60.6 Å².